The molecule has 3 aromatic carbocycles. The Bertz CT molecular complexity index is 1380. The minimum Gasteiger partial charge on any atom is -0.481 e. The molecule has 0 bridgehead atoms. The maximum absolute atomic E-state index is 13.3. The Morgan fingerprint density at radius 1 is 0.938 bits per heavy atom. The topological polar surface area (TPSA) is 71.1 Å². The zero-order valence-corrected chi connectivity index (χ0v) is 33.5. The lowest BCUT2D eigenvalue weighted by molar-refractivity contribution is -0.134. The molecule has 1 heterocycles. The van der Waals surface area contributed by atoms with Gasteiger partial charge in [0, 0.05) is 17.9 Å². The summed E-state index contributed by atoms with van der Waals surface area (Å²) in [6, 6.07) is 17.3. The summed E-state index contributed by atoms with van der Waals surface area (Å²) in [5.41, 5.74) is 6.34. The predicted molar refractivity (Wildman–Crippen MR) is 204 cm³/mol. The average molecular weight is 705 g/mol. The minimum atomic E-state index is -3.45. The Morgan fingerprint density at radius 3 is 2.08 bits per heavy atom. The van der Waals surface area contributed by atoms with Crippen molar-refractivity contribution >= 4 is 25.2 Å². The van der Waals surface area contributed by atoms with Crippen molar-refractivity contribution in [2.75, 3.05) is 13.0 Å². The van der Waals surface area contributed by atoms with Gasteiger partial charge in [-0.3, -0.25) is 13.9 Å². The number of hydrogen-bond donors (Lipinski definition) is 0. The normalized spacial score (nSPS) is 16.4. The summed E-state index contributed by atoms with van der Waals surface area (Å²) in [5, 5.41) is 0.607. The van der Waals surface area contributed by atoms with E-state index in [0.717, 1.165) is 34.2 Å². The quantitative estimate of drug-likeness (QED) is 0.125. The Balaban J connectivity index is 0.00000224. The fourth-order valence-corrected chi connectivity index (χ4v) is 6.40. The van der Waals surface area contributed by atoms with E-state index in [-0.39, 0.29) is 24.3 Å². The molecule has 6 nitrogen and oxygen atoms in total. The molecule has 4 rings (SSSR count). The number of ether oxygens (including phenoxy) is 2. The van der Waals surface area contributed by atoms with Crippen LogP contribution in [0.25, 0.3) is 0 Å². The lowest BCUT2D eigenvalue weighted by atomic mass is 9.93. The highest BCUT2D eigenvalue weighted by Gasteiger charge is 2.35. The summed E-state index contributed by atoms with van der Waals surface area (Å²) >= 11 is 6.12. The lowest BCUT2D eigenvalue weighted by Gasteiger charge is -2.30. The van der Waals surface area contributed by atoms with Crippen LogP contribution in [-0.4, -0.2) is 18.9 Å². The maximum atomic E-state index is 13.3. The number of halogens is 1. The number of benzene rings is 3. The van der Waals surface area contributed by atoms with Crippen LogP contribution in [0.5, 0.6) is 11.5 Å². The first kappa shape index (κ1) is 45.4. The highest BCUT2D eigenvalue weighted by Crippen LogP contribution is 2.56. The van der Waals surface area contributed by atoms with Crippen molar-refractivity contribution in [3.05, 3.63) is 93.0 Å². The van der Waals surface area contributed by atoms with Crippen LogP contribution in [0.2, 0.25) is 5.02 Å². The van der Waals surface area contributed by atoms with E-state index in [9.17, 15) is 9.36 Å². The van der Waals surface area contributed by atoms with Gasteiger partial charge in [-0.25, -0.2) is 0 Å². The molecule has 1 aliphatic heterocycles. The molecule has 270 valence electrons. The fourth-order valence-electron chi connectivity index (χ4n) is 4.70. The predicted octanol–water partition coefficient (Wildman–Crippen LogP) is 13.2. The number of aryl methyl sites for hydroxylation is 2. The van der Waals surface area contributed by atoms with Crippen molar-refractivity contribution in [3.8, 4) is 11.5 Å². The summed E-state index contributed by atoms with van der Waals surface area (Å²) < 4.78 is 36.2. The van der Waals surface area contributed by atoms with E-state index in [0.29, 0.717) is 36.0 Å². The average Bonchev–Trinajstić information content (AvgIpc) is 3.09. The van der Waals surface area contributed by atoms with Crippen LogP contribution in [0.4, 0.5) is 0 Å². The van der Waals surface area contributed by atoms with Crippen LogP contribution in [0.1, 0.15) is 141 Å². The van der Waals surface area contributed by atoms with Crippen LogP contribution >= 0.6 is 19.2 Å². The van der Waals surface area contributed by atoms with Gasteiger partial charge in [-0.1, -0.05) is 118 Å². The van der Waals surface area contributed by atoms with E-state index in [2.05, 4.69) is 33.8 Å². The van der Waals surface area contributed by atoms with Crippen LogP contribution in [0, 0.1) is 13.8 Å². The summed E-state index contributed by atoms with van der Waals surface area (Å²) in [6.07, 6.45) is 2.38. The molecule has 0 aliphatic carbocycles. The van der Waals surface area contributed by atoms with Crippen molar-refractivity contribution in [1.82, 2.24) is 0 Å². The first-order chi connectivity index (χ1) is 23.0. The number of carbonyl (C=O) groups is 1. The molecule has 0 saturated carbocycles. The standard InChI is InChI=1S/C31H36ClO6P.C3H8.3C2H6/c1-6-31(33)37-30-11-10-23(16-27(30)20(2)3)17-28-21(4)14-26(15-22(28)5)35-19-39(34)36-13-12-29(38-39)24-8-7-9-25(32)18-24;1-3-2;3*1-2/h7-11,14-16,18,20,29H,6,12-13,17,19H2,1-5H3;3H2,1-2H3;3*1-2H3. The lowest BCUT2D eigenvalue weighted by Crippen LogP contribution is -2.17. The van der Waals surface area contributed by atoms with Crippen molar-refractivity contribution in [3.63, 3.8) is 0 Å². The van der Waals surface area contributed by atoms with E-state index in [4.69, 9.17) is 30.1 Å². The highest BCUT2D eigenvalue weighted by molar-refractivity contribution is 7.53. The zero-order chi connectivity index (χ0) is 36.9. The molecule has 3 aromatic rings. The maximum Gasteiger partial charge on any atom is 0.368 e. The fraction of sp³-hybridized carbons (Fsp3) is 0.525. The number of rotatable bonds is 9. The summed E-state index contributed by atoms with van der Waals surface area (Å²) in [7, 11) is -3.45. The Hall–Kier alpha value is -2.63. The molecule has 2 atom stereocenters. The minimum absolute atomic E-state index is 0.169. The molecule has 0 radical (unpaired) electrons. The molecule has 1 fully saturated rings. The van der Waals surface area contributed by atoms with Crippen molar-refractivity contribution < 1.29 is 27.9 Å². The Kier molecular flexibility index (Phi) is 23.2. The Labute approximate surface area is 297 Å². The third-order valence-corrected chi connectivity index (χ3v) is 8.66. The molecular formula is C40H62ClO6P. The molecule has 48 heavy (non-hydrogen) atoms. The third-order valence-electron chi connectivity index (χ3n) is 6.82. The van der Waals surface area contributed by atoms with Gasteiger partial charge in [0.1, 0.15) is 11.5 Å². The monoisotopic (exact) mass is 704 g/mol. The smallest absolute Gasteiger partial charge is 0.368 e. The van der Waals surface area contributed by atoms with Gasteiger partial charge < -0.3 is 14.0 Å². The van der Waals surface area contributed by atoms with Crippen LogP contribution in [0.15, 0.2) is 54.6 Å². The molecule has 0 spiro atoms. The van der Waals surface area contributed by atoms with E-state index >= 15 is 0 Å². The highest BCUT2D eigenvalue weighted by atomic mass is 35.5. The number of hydrogen-bond acceptors (Lipinski definition) is 6. The van der Waals surface area contributed by atoms with Crippen molar-refractivity contribution in [1.29, 1.82) is 0 Å². The zero-order valence-electron chi connectivity index (χ0n) is 31.9. The van der Waals surface area contributed by atoms with Gasteiger partial charge in [0.15, 0.2) is 6.35 Å². The second-order valence-corrected chi connectivity index (χ2v) is 13.3. The van der Waals surface area contributed by atoms with Gasteiger partial charge in [-0.05, 0) is 89.9 Å². The third kappa shape index (κ3) is 14.9. The van der Waals surface area contributed by atoms with Crippen molar-refractivity contribution in [2.24, 2.45) is 0 Å². The Morgan fingerprint density at radius 2 is 1.54 bits per heavy atom. The summed E-state index contributed by atoms with van der Waals surface area (Å²) in [5.74, 6) is 1.22. The van der Waals surface area contributed by atoms with E-state index in [1.165, 1.54) is 12.0 Å². The molecular weight excluding hydrogens is 643 g/mol. The molecule has 2 unspecified atom stereocenters. The van der Waals surface area contributed by atoms with Crippen LogP contribution in [-0.2, 0) is 24.8 Å². The van der Waals surface area contributed by atoms with Gasteiger partial charge in [0.2, 0.25) is 0 Å². The first-order valence-corrected chi connectivity index (χ1v) is 19.8. The molecule has 0 amide bonds. The van der Waals surface area contributed by atoms with Gasteiger partial charge in [0.05, 0.1) is 12.7 Å². The number of esters is 1. The van der Waals surface area contributed by atoms with E-state index in [1.54, 1.807) is 13.0 Å². The van der Waals surface area contributed by atoms with Gasteiger partial charge in [-0.15, -0.1) is 0 Å². The van der Waals surface area contributed by atoms with E-state index < -0.39 is 7.60 Å². The van der Waals surface area contributed by atoms with Gasteiger partial charge >= 0.3 is 13.6 Å². The van der Waals surface area contributed by atoms with Gasteiger partial charge in [0.25, 0.3) is 0 Å². The second-order valence-electron chi connectivity index (χ2n) is 10.9. The molecule has 1 saturated heterocycles. The SMILES string of the molecule is CC.CC.CC.CCC.CCC(=O)Oc1ccc(Cc2c(C)cc(OCP3(=O)OCCC(c4cccc(Cl)c4)O3)cc2C)cc1C(C)C. The van der Waals surface area contributed by atoms with Gasteiger partial charge in [-0.2, -0.15) is 0 Å². The largest absolute Gasteiger partial charge is 0.481 e. The molecule has 1 aliphatic rings. The van der Waals surface area contributed by atoms with Crippen LogP contribution in [0.3, 0.4) is 0 Å². The summed E-state index contributed by atoms with van der Waals surface area (Å²) in [4.78, 5) is 11.8. The number of carbonyl (C=O) groups excluding carboxylic acids is 1. The molecule has 0 aromatic heterocycles. The second kappa shape index (κ2) is 24.5. The van der Waals surface area contributed by atoms with E-state index in [1.807, 2.05) is 97.9 Å². The first-order valence-electron chi connectivity index (χ1n) is 17.7. The molecule has 0 N–H and O–H groups in total. The summed E-state index contributed by atoms with van der Waals surface area (Å²) in [6.45, 7) is 26.6. The van der Waals surface area contributed by atoms with Crippen LogP contribution < -0.4 is 9.47 Å². The molecule has 8 heteroatoms. The van der Waals surface area contributed by atoms with Crippen molar-refractivity contribution in [2.45, 2.75) is 128 Å².